The van der Waals surface area contributed by atoms with Crippen molar-refractivity contribution in [1.29, 1.82) is 0 Å². The van der Waals surface area contributed by atoms with Crippen molar-refractivity contribution in [2.75, 3.05) is 11.8 Å². The van der Waals surface area contributed by atoms with Gasteiger partial charge in [0, 0.05) is 0 Å². The second kappa shape index (κ2) is 5.78. The molecule has 0 saturated carbocycles. The van der Waals surface area contributed by atoms with E-state index in [2.05, 4.69) is 4.74 Å². The maximum absolute atomic E-state index is 13.6. The van der Waals surface area contributed by atoms with E-state index in [1.807, 2.05) is 4.72 Å². The van der Waals surface area contributed by atoms with Crippen molar-refractivity contribution >= 4 is 33.0 Å². The highest BCUT2D eigenvalue weighted by atomic mass is 32.2. The third kappa shape index (κ3) is 3.03. The lowest BCUT2D eigenvalue weighted by Crippen LogP contribution is -2.17. The largest absolute Gasteiger partial charge is 0.465 e. The average molecular weight is 333 g/mol. The molecule has 1 aromatic carbocycles. The van der Waals surface area contributed by atoms with Crippen LogP contribution in [0.25, 0.3) is 0 Å². The summed E-state index contributed by atoms with van der Waals surface area (Å²) in [7, 11) is -3.37. The molecule has 0 amide bonds. The first-order valence-corrected chi connectivity index (χ1v) is 7.85. The summed E-state index contributed by atoms with van der Waals surface area (Å²) < 4.78 is 57.7. The van der Waals surface area contributed by atoms with Gasteiger partial charge in [0.05, 0.1) is 12.8 Å². The molecular formula is C12H9F2NO4S2. The molecule has 5 nitrogen and oxygen atoms in total. The van der Waals surface area contributed by atoms with Gasteiger partial charge >= 0.3 is 5.97 Å². The van der Waals surface area contributed by atoms with Crippen LogP contribution in [0.5, 0.6) is 0 Å². The normalized spacial score (nSPS) is 11.2. The Morgan fingerprint density at radius 3 is 2.43 bits per heavy atom. The molecule has 1 heterocycles. The molecule has 1 N–H and O–H groups in total. The quantitative estimate of drug-likeness (QED) is 0.873. The number of anilines is 1. The molecule has 21 heavy (non-hydrogen) atoms. The topological polar surface area (TPSA) is 72.5 Å². The fourth-order valence-electron chi connectivity index (χ4n) is 1.58. The lowest BCUT2D eigenvalue weighted by atomic mass is 10.3. The molecule has 0 aliphatic heterocycles. The molecule has 9 heteroatoms. The van der Waals surface area contributed by atoms with E-state index in [4.69, 9.17) is 0 Å². The van der Waals surface area contributed by atoms with Gasteiger partial charge in [-0.15, -0.1) is 11.3 Å². The van der Waals surface area contributed by atoms with Gasteiger partial charge in [-0.1, -0.05) is 6.07 Å². The van der Waals surface area contributed by atoms with Crippen molar-refractivity contribution in [3.05, 3.63) is 46.2 Å². The van der Waals surface area contributed by atoms with Crippen molar-refractivity contribution in [3.8, 4) is 0 Å². The van der Waals surface area contributed by atoms with E-state index in [0.29, 0.717) is 0 Å². The average Bonchev–Trinajstić information content (AvgIpc) is 2.84. The van der Waals surface area contributed by atoms with E-state index >= 15 is 0 Å². The number of hydrogen-bond acceptors (Lipinski definition) is 5. The number of methoxy groups -OCH3 is 1. The molecule has 0 fully saturated rings. The number of ether oxygens (including phenoxy) is 1. The fraction of sp³-hybridized carbons (Fsp3) is 0.0833. The van der Waals surface area contributed by atoms with Crippen molar-refractivity contribution in [1.82, 2.24) is 0 Å². The Hall–Kier alpha value is -2.00. The van der Waals surface area contributed by atoms with Crippen LogP contribution in [0, 0.1) is 11.6 Å². The highest BCUT2D eigenvalue weighted by Crippen LogP contribution is 2.27. The summed E-state index contributed by atoms with van der Waals surface area (Å²) in [5.74, 6) is -3.20. The molecule has 0 unspecified atom stereocenters. The monoisotopic (exact) mass is 333 g/mol. The molecule has 2 aromatic rings. The second-order valence-corrected chi connectivity index (χ2v) is 6.35. The molecule has 0 bridgehead atoms. The Bertz CT molecular complexity index is 766. The molecule has 0 aliphatic carbocycles. The minimum atomic E-state index is -4.51. The van der Waals surface area contributed by atoms with Gasteiger partial charge in [0.15, 0.2) is 4.90 Å². The number of thiophene rings is 1. The summed E-state index contributed by atoms with van der Waals surface area (Å²) in [4.78, 5) is 10.3. The number of rotatable bonds is 4. The third-order valence-electron chi connectivity index (χ3n) is 2.47. The zero-order chi connectivity index (χ0) is 15.6. The van der Waals surface area contributed by atoms with Gasteiger partial charge < -0.3 is 4.74 Å². The highest BCUT2D eigenvalue weighted by Gasteiger charge is 2.26. The molecule has 0 saturated heterocycles. The number of halogens is 2. The summed E-state index contributed by atoms with van der Waals surface area (Å²) in [5.41, 5.74) is -0.102. The SMILES string of the molecule is COC(=O)c1sccc1NS(=O)(=O)c1c(F)cccc1F. The van der Waals surface area contributed by atoms with E-state index in [1.165, 1.54) is 11.4 Å². The summed E-state index contributed by atoms with van der Waals surface area (Å²) in [6.07, 6.45) is 0. The highest BCUT2D eigenvalue weighted by molar-refractivity contribution is 7.92. The van der Waals surface area contributed by atoms with Gasteiger partial charge in [-0.25, -0.2) is 22.0 Å². The minimum absolute atomic E-state index is 0.0159. The zero-order valence-electron chi connectivity index (χ0n) is 10.6. The first-order chi connectivity index (χ1) is 9.86. The number of carbonyl (C=O) groups is 1. The van der Waals surface area contributed by atoms with Gasteiger partial charge in [0.1, 0.15) is 16.5 Å². The smallest absolute Gasteiger partial charge is 0.350 e. The molecule has 112 valence electrons. The van der Waals surface area contributed by atoms with Crippen LogP contribution in [-0.4, -0.2) is 21.5 Å². The standard InChI is InChI=1S/C12H9F2NO4S2/c1-19-12(16)10-9(5-6-20-10)15-21(17,18)11-7(13)3-2-4-8(11)14/h2-6,15H,1H3. The number of esters is 1. The van der Waals surface area contributed by atoms with E-state index in [1.54, 1.807) is 0 Å². The summed E-state index contributed by atoms with van der Waals surface area (Å²) >= 11 is 0.938. The Morgan fingerprint density at radius 1 is 1.24 bits per heavy atom. The lowest BCUT2D eigenvalue weighted by Gasteiger charge is -2.09. The Labute approximate surface area is 123 Å². The van der Waals surface area contributed by atoms with Crippen LogP contribution in [0.4, 0.5) is 14.5 Å². The molecule has 1 aromatic heterocycles. The molecule has 0 radical (unpaired) electrons. The predicted molar refractivity (Wildman–Crippen MR) is 72.8 cm³/mol. The van der Waals surface area contributed by atoms with Gasteiger partial charge in [-0.05, 0) is 23.6 Å². The van der Waals surface area contributed by atoms with Crippen LogP contribution in [0.1, 0.15) is 9.67 Å². The maximum atomic E-state index is 13.6. The van der Waals surface area contributed by atoms with Crippen LogP contribution < -0.4 is 4.72 Å². The number of sulfonamides is 1. The number of hydrogen-bond donors (Lipinski definition) is 1. The van der Waals surface area contributed by atoms with E-state index in [-0.39, 0.29) is 10.6 Å². The third-order valence-corrected chi connectivity index (χ3v) is 4.78. The van der Waals surface area contributed by atoms with Crippen LogP contribution in [0.2, 0.25) is 0 Å². The zero-order valence-corrected chi connectivity index (χ0v) is 12.2. The van der Waals surface area contributed by atoms with Gasteiger partial charge in [0.25, 0.3) is 10.0 Å². The van der Waals surface area contributed by atoms with Gasteiger partial charge in [0.2, 0.25) is 0 Å². The number of carbonyl (C=O) groups excluding carboxylic acids is 1. The Balaban J connectivity index is 2.44. The van der Waals surface area contributed by atoms with Gasteiger partial charge in [-0.2, -0.15) is 0 Å². The van der Waals surface area contributed by atoms with Crippen LogP contribution >= 0.6 is 11.3 Å². The van der Waals surface area contributed by atoms with E-state index in [0.717, 1.165) is 36.6 Å². The first-order valence-electron chi connectivity index (χ1n) is 5.49. The van der Waals surface area contributed by atoms with Crippen molar-refractivity contribution in [2.24, 2.45) is 0 Å². The van der Waals surface area contributed by atoms with Crippen molar-refractivity contribution in [2.45, 2.75) is 4.90 Å². The molecule has 0 atom stereocenters. The Morgan fingerprint density at radius 2 is 1.86 bits per heavy atom. The second-order valence-electron chi connectivity index (χ2n) is 3.81. The number of nitrogens with one attached hydrogen (secondary N) is 1. The number of benzene rings is 1. The van der Waals surface area contributed by atoms with Gasteiger partial charge in [-0.3, -0.25) is 4.72 Å². The molecule has 2 rings (SSSR count). The molecular weight excluding hydrogens is 324 g/mol. The van der Waals surface area contributed by atoms with Crippen LogP contribution in [0.3, 0.4) is 0 Å². The van der Waals surface area contributed by atoms with Crippen LogP contribution in [-0.2, 0) is 14.8 Å². The van der Waals surface area contributed by atoms with Crippen molar-refractivity contribution < 1.29 is 26.7 Å². The Kier molecular flexibility index (Phi) is 4.24. The van der Waals surface area contributed by atoms with E-state index < -0.39 is 32.5 Å². The fourth-order valence-corrected chi connectivity index (χ4v) is 3.62. The molecule has 0 aliphatic rings. The minimum Gasteiger partial charge on any atom is -0.465 e. The summed E-state index contributed by atoms with van der Waals surface area (Å²) in [6.45, 7) is 0. The van der Waals surface area contributed by atoms with Crippen molar-refractivity contribution in [3.63, 3.8) is 0 Å². The molecule has 0 spiro atoms. The first kappa shape index (κ1) is 15.4. The lowest BCUT2D eigenvalue weighted by molar-refractivity contribution is 0.0607. The predicted octanol–water partition coefficient (Wildman–Crippen LogP) is 2.61. The summed E-state index contributed by atoms with van der Waals surface area (Å²) in [6, 6.07) is 4.00. The van der Waals surface area contributed by atoms with E-state index in [9.17, 15) is 22.0 Å². The summed E-state index contributed by atoms with van der Waals surface area (Å²) in [5, 5.41) is 1.45. The van der Waals surface area contributed by atoms with Crippen LogP contribution in [0.15, 0.2) is 34.5 Å². The maximum Gasteiger partial charge on any atom is 0.350 e.